The Morgan fingerprint density at radius 3 is 2.83 bits per heavy atom. The number of hydrogen-bond donors (Lipinski definition) is 0. The van der Waals surface area contributed by atoms with Crippen molar-refractivity contribution >= 4 is 46.3 Å². The van der Waals surface area contributed by atoms with Crippen LogP contribution in [0.1, 0.15) is 37.6 Å². The number of furan rings is 1. The van der Waals surface area contributed by atoms with Gasteiger partial charge in [-0.2, -0.15) is 5.10 Å². The van der Waals surface area contributed by atoms with Crippen LogP contribution in [0.4, 0.5) is 0 Å². The van der Waals surface area contributed by atoms with E-state index in [4.69, 9.17) is 20.8 Å². The largest absolute Gasteiger partial charge is 0.467 e. The highest BCUT2D eigenvalue weighted by molar-refractivity contribution is 8.01. The molecule has 4 rings (SSSR count). The Balaban J connectivity index is 1.49. The Kier molecular flexibility index (Phi) is 6.40. The third-order valence-electron chi connectivity index (χ3n) is 4.26. The molecule has 3 aromatic rings. The highest BCUT2D eigenvalue weighted by Gasteiger charge is 2.34. The molecule has 3 heterocycles. The fraction of sp³-hybridized carbons (Fsp3) is 0.300. The second kappa shape index (κ2) is 9.20. The molecule has 0 N–H and O–H groups in total. The number of amides is 1. The van der Waals surface area contributed by atoms with Crippen LogP contribution in [0.25, 0.3) is 0 Å². The first kappa shape index (κ1) is 20.9. The van der Waals surface area contributed by atoms with Gasteiger partial charge >= 0.3 is 0 Å². The van der Waals surface area contributed by atoms with Crippen LogP contribution >= 0.6 is 34.7 Å². The highest BCUT2D eigenvalue weighted by Crippen LogP contribution is 2.35. The first-order chi connectivity index (χ1) is 14.5. The fourth-order valence-corrected chi connectivity index (χ4v) is 4.74. The van der Waals surface area contributed by atoms with E-state index < -0.39 is 0 Å². The monoisotopic (exact) mass is 462 g/mol. The Labute approximate surface area is 187 Å². The third-order valence-corrected chi connectivity index (χ3v) is 6.44. The Hall–Kier alpha value is -2.36. The first-order valence-electron chi connectivity index (χ1n) is 9.31. The zero-order valence-electron chi connectivity index (χ0n) is 16.3. The molecule has 1 amide bonds. The number of halogens is 1. The van der Waals surface area contributed by atoms with Gasteiger partial charge in [0, 0.05) is 11.4 Å². The molecule has 1 unspecified atom stereocenters. The van der Waals surface area contributed by atoms with E-state index in [1.807, 2.05) is 50.2 Å². The van der Waals surface area contributed by atoms with Gasteiger partial charge in [0.25, 0.3) is 11.1 Å². The predicted octanol–water partition coefficient (Wildman–Crippen LogP) is 5.04. The molecule has 1 aliphatic rings. The summed E-state index contributed by atoms with van der Waals surface area (Å²) in [5.41, 5.74) is 1.74. The van der Waals surface area contributed by atoms with Crippen LogP contribution in [0.15, 0.2) is 56.5 Å². The van der Waals surface area contributed by atoms with Gasteiger partial charge in [-0.15, -0.1) is 5.10 Å². The minimum atomic E-state index is -0.284. The SMILES string of the molecule is CC(C)Oc1nnc(SCC(=O)N2N=C(c3ccc(Cl)cc3)CC2c2ccco2)s1. The van der Waals surface area contributed by atoms with Crippen LogP contribution in [-0.4, -0.2) is 38.7 Å². The lowest BCUT2D eigenvalue weighted by Gasteiger charge is -2.19. The van der Waals surface area contributed by atoms with Crippen LogP contribution in [0.3, 0.4) is 0 Å². The maximum atomic E-state index is 13.0. The summed E-state index contributed by atoms with van der Waals surface area (Å²) in [4.78, 5) is 13.0. The van der Waals surface area contributed by atoms with Crippen molar-refractivity contribution in [3.8, 4) is 5.19 Å². The second-order valence-electron chi connectivity index (χ2n) is 6.82. The zero-order chi connectivity index (χ0) is 21.1. The quantitative estimate of drug-likeness (QED) is 0.457. The van der Waals surface area contributed by atoms with E-state index in [9.17, 15) is 4.79 Å². The molecule has 7 nitrogen and oxygen atoms in total. The summed E-state index contributed by atoms with van der Waals surface area (Å²) in [7, 11) is 0. The van der Waals surface area contributed by atoms with E-state index in [1.54, 1.807) is 6.26 Å². The summed E-state index contributed by atoms with van der Waals surface area (Å²) in [5, 5.41) is 15.3. The minimum Gasteiger partial charge on any atom is -0.467 e. The molecule has 1 aromatic carbocycles. The van der Waals surface area contributed by atoms with Crippen molar-refractivity contribution in [2.45, 2.75) is 36.8 Å². The summed E-state index contributed by atoms with van der Waals surface area (Å²) < 4.78 is 11.8. The smallest absolute Gasteiger partial charge is 0.295 e. The van der Waals surface area contributed by atoms with Gasteiger partial charge in [-0.05, 0) is 55.0 Å². The number of carbonyl (C=O) groups is 1. The molecular formula is C20H19ClN4O3S2. The van der Waals surface area contributed by atoms with Gasteiger partial charge in [0.2, 0.25) is 0 Å². The van der Waals surface area contributed by atoms with Gasteiger partial charge in [-0.25, -0.2) is 5.01 Å². The standard InChI is InChI=1S/C20H19ClN4O3S2/c1-12(2)28-19-22-23-20(30-19)29-11-18(26)25-16(17-4-3-9-27-17)10-15(24-25)13-5-7-14(21)8-6-13/h3-9,12,16H,10-11H2,1-2H3. The summed E-state index contributed by atoms with van der Waals surface area (Å²) in [6.07, 6.45) is 2.19. The van der Waals surface area contributed by atoms with E-state index >= 15 is 0 Å². The van der Waals surface area contributed by atoms with Gasteiger partial charge in [-0.3, -0.25) is 4.79 Å². The lowest BCUT2D eigenvalue weighted by Crippen LogP contribution is -2.28. The van der Waals surface area contributed by atoms with Gasteiger partial charge < -0.3 is 9.15 Å². The van der Waals surface area contributed by atoms with Gasteiger partial charge in [-0.1, -0.05) is 40.6 Å². The van der Waals surface area contributed by atoms with Crippen LogP contribution in [-0.2, 0) is 4.79 Å². The van der Waals surface area contributed by atoms with Crippen molar-refractivity contribution in [2.75, 3.05) is 5.75 Å². The van der Waals surface area contributed by atoms with Gasteiger partial charge in [0.05, 0.1) is 23.8 Å². The molecule has 2 aromatic heterocycles. The van der Waals surface area contributed by atoms with Crippen LogP contribution < -0.4 is 4.74 Å². The van der Waals surface area contributed by atoms with Crippen LogP contribution in [0, 0.1) is 0 Å². The number of nitrogens with zero attached hydrogens (tertiary/aromatic N) is 4. The molecule has 0 radical (unpaired) electrons. The molecule has 156 valence electrons. The van der Waals surface area contributed by atoms with Crippen molar-refractivity contribution in [3.63, 3.8) is 0 Å². The van der Waals surface area contributed by atoms with Gasteiger partial charge in [0.15, 0.2) is 4.34 Å². The number of rotatable bonds is 7. The molecule has 30 heavy (non-hydrogen) atoms. The molecule has 0 saturated heterocycles. The molecule has 0 fully saturated rings. The van der Waals surface area contributed by atoms with E-state index in [0.29, 0.717) is 26.7 Å². The van der Waals surface area contributed by atoms with Crippen molar-refractivity contribution in [3.05, 3.63) is 59.0 Å². The average Bonchev–Trinajstić information content (AvgIpc) is 3.46. The first-order valence-corrected chi connectivity index (χ1v) is 11.5. The molecule has 0 saturated carbocycles. The van der Waals surface area contributed by atoms with E-state index in [0.717, 1.165) is 11.3 Å². The predicted molar refractivity (Wildman–Crippen MR) is 117 cm³/mol. The number of hydrazone groups is 1. The third kappa shape index (κ3) is 4.85. The second-order valence-corrected chi connectivity index (χ2v) is 9.42. The molecule has 1 atom stereocenters. The lowest BCUT2D eigenvalue weighted by atomic mass is 10.0. The number of ether oxygens (including phenoxy) is 1. The van der Waals surface area contributed by atoms with Crippen molar-refractivity contribution in [1.29, 1.82) is 0 Å². The summed E-state index contributed by atoms with van der Waals surface area (Å²) in [6.45, 7) is 3.85. The Morgan fingerprint density at radius 2 is 2.13 bits per heavy atom. The summed E-state index contributed by atoms with van der Waals surface area (Å²) >= 11 is 8.64. The lowest BCUT2D eigenvalue weighted by molar-refractivity contribution is -0.130. The number of hydrogen-bond acceptors (Lipinski definition) is 8. The normalized spacial score (nSPS) is 16.2. The van der Waals surface area contributed by atoms with Crippen molar-refractivity contribution in [1.82, 2.24) is 15.2 Å². The van der Waals surface area contributed by atoms with E-state index in [-0.39, 0.29) is 23.8 Å². The summed E-state index contributed by atoms with van der Waals surface area (Å²) in [5.74, 6) is 0.752. The topological polar surface area (TPSA) is 80.8 Å². The maximum absolute atomic E-state index is 13.0. The van der Waals surface area contributed by atoms with Crippen LogP contribution in [0.5, 0.6) is 5.19 Å². The van der Waals surface area contributed by atoms with Gasteiger partial charge in [0.1, 0.15) is 11.8 Å². The highest BCUT2D eigenvalue weighted by atomic mass is 35.5. The Morgan fingerprint density at radius 1 is 1.33 bits per heavy atom. The van der Waals surface area contributed by atoms with E-state index in [2.05, 4.69) is 15.3 Å². The molecule has 10 heteroatoms. The number of carbonyl (C=O) groups excluding carboxylic acids is 1. The molecule has 0 bridgehead atoms. The summed E-state index contributed by atoms with van der Waals surface area (Å²) in [6, 6.07) is 10.8. The average molecular weight is 463 g/mol. The van der Waals surface area contributed by atoms with Crippen molar-refractivity contribution < 1.29 is 13.9 Å². The minimum absolute atomic E-state index is 0.0247. The molecule has 0 aliphatic carbocycles. The Bertz CT molecular complexity index is 1030. The van der Waals surface area contributed by atoms with Crippen LogP contribution in [0.2, 0.25) is 5.02 Å². The van der Waals surface area contributed by atoms with Crippen molar-refractivity contribution in [2.24, 2.45) is 5.10 Å². The number of aromatic nitrogens is 2. The van der Waals surface area contributed by atoms with E-state index in [1.165, 1.54) is 28.1 Å². The number of thioether (sulfide) groups is 1. The fourth-order valence-electron chi connectivity index (χ4n) is 2.95. The molecule has 1 aliphatic heterocycles. The molecule has 0 spiro atoms. The maximum Gasteiger partial charge on any atom is 0.295 e. The number of benzene rings is 1. The molecular weight excluding hydrogens is 444 g/mol. The zero-order valence-corrected chi connectivity index (χ0v) is 18.7.